The Morgan fingerprint density at radius 2 is 1.47 bits per heavy atom. The molecule has 0 spiro atoms. The highest BCUT2D eigenvalue weighted by molar-refractivity contribution is 7.22. The van der Waals surface area contributed by atoms with Crippen LogP contribution in [0, 0.1) is 0 Å². The average molecular weight is 599 g/mol. The van der Waals surface area contributed by atoms with E-state index in [1.165, 1.54) is 0 Å². The number of hydrogen-bond donors (Lipinski definition) is 0. The molecule has 0 fully saturated rings. The van der Waals surface area contributed by atoms with E-state index in [0.717, 1.165) is 74.8 Å². The van der Waals surface area contributed by atoms with E-state index in [2.05, 4.69) is 18.7 Å². The molecule has 0 aliphatic carbocycles. The van der Waals surface area contributed by atoms with Crippen LogP contribution in [-0.4, -0.2) is 18.1 Å². The second kappa shape index (κ2) is 8.59. The zero-order valence-electron chi connectivity index (χ0n) is 24.3. The van der Waals surface area contributed by atoms with Gasteiger partial charge in [-0.2, -0.15) is 13.2 Å². The van der Waals surface area contributed by atoms with E-state index in [1.54, 1.807) is 6.07 Å². The number of hydrogen-bond acceptors (Lipinski definition) is 5. The fourth-order valence-corrected chi connectivity index (χ4v) is 8.50. The van der Waals surface area contributed by atoms with Crippen molar-refractivity contribution in [2.45, 2.75) is 57.5 Å². The number of nitrogens with zero attached hydrogens (tertiary/aromatic N) is 2. The topological polar surface area (TPSA) is 46.3 Å². The van der Waals surface area contributed by atoms with Crippen molar-refractivity contribution < 1.29 is 17.6 Å². The van der Waals surface area contributed by atoms with Gasteiger partial charge in [0.2, 0.25) is 0 Å². The number of thiazole rings is 1. The number of alkyl halides is 3. The van der Waals surface area contributed by atoms with Gasteiger partial charge in [0, 0.05) is 40.5 Å². The first-order valence-electron chi connectivity index (χ1n) is 14.6. The van der Waals surface area contributed by atoms with Crippen LogP contribution in [0.1, 0.15) is 57.2 Å². The molecular weight excluding hydrogens is 569 g/mol. The number of fused-ring (bicyclic) bond motifs is 8. The lowest BCUT2D eigenvalue weighted by Gasteiger charge is -2.48. The fraction of sp³-hybridized carbons (Fsp3) is 0.314. The summed E-state index contributed by atoms with van der Waals surface area (Å²) in [5, 5.41) is 3.63. The summed E-state index contributed by atoms with van der Waals surface area (Å²) in [7, 11) is 0. The van der Waals surface area contributed by atoms with Gasteiger partial charge in [0.1, 0.15) is 16.2 Å². The van der Waals surface area contributed by atoms with Gasteiger partial charge in [-0.3, -0.25) is 0 Å². The predicted octanol–water partition coefficient (Wildman–Crippen LogP) is 9.56. The molecule has 0 saturated heterocycles. The quantitative estimate of drug-likeness (QED) is 0.140. The Bertz CT molecular complexity index is 2150. The number of anilines is 1. The minimum Gasteiger partial charge on any atom is -0.422 e. The van der Waals surface area contributed by atoms with Gasteiger partial charge in [-0.25, -0.2) is 9.78 Å². The Morgan fingerprint density at radius 1 is 0.860 bits per heavy atom. The van der Waals surface area contributed by atoms with Crippen LogP contribution in [-0.2, 0) is 17.0 Å². The SMILES string of the molecule is CC1(C)CCN2CCC(C)(C)c3c2c1cc1c(C(F)(F)F)c(-c2nc4c5ccccc5c5ccccc5c4s2)c(=O)oc31. The highest BCUT2D eigenvalue weighted by atomic mass is 32.1. The van der Waals surface area contributed by atoms with E-state index in [1.807, 2.05) is 62.4 Å². The molecule has 6 aromatic rings. The second-order valence-corrected chi connectivity index (χ2v) is 14.2. The Morgan fingerprint density at radius 3 is 2.14 bits per heavy atom. The van der Waals surface area contributed by atoms with Gasteiger partial charge in [-0.05, 0) is 46.1 Å². The van der Waals surface area contributed by atoms with Crippen LogP contribution < -0.4 is 10.5 Å². The largest absolute Gasteiger partial charge is 0.422 e. The Balaban J connectivity index is 1.53. The van der Waals surface area contributed by atoms with Crippen molar-refractivity contribution in [2.75, 3.05) is 18.0 Å². The van der Waals surface area contributed by atoms with Gasteiger partial charge in [0.15, 0.2) is 0 Å². The molecule has 8 heteroatoms. The molecule has 2 aliphatic heterocycles. The molecule has 0 atom stereocenters. The van der Waals surface area contributed by atoms with Crippen molar-refractivity contribution in [3.63, 3.8) is 0 Å². The standard InChI is InChI=1S/C35H29F3N2O2S/c1-33(2)13-15-40-16-14-34(3,4)26-28(40)23(33)17-22-25(35(36,37)38)24(32(41)42-29(22)26)31-39-27-20-11-7-5-9-18(20)19-10-6-8-12-21(19)30(27)43-31/h5-12,17H,13-16H2,1-4H3. The molecule has 0 bridgehead atoms. The summed E-state index contributed by atoms with van der Waals surface area (Å²) in [4.78, 5) is 20.9. The predicted molar refractivity (Wildman–Crippen MR) is 169 cm³/mol. The molecule has 0 radical (unpaired) electrons. The maximum atomic E-state index is 15.3. The van der Waals surface area contributed by atoms with Crippen LogP contribution in [0.5, 0.6) is 0 Å². The minimum atomic E-state index is -4.82. The molecule has 0 unspecified atom stereocenters. The van der Waals surface area contributed by atoms with Crippen molar-refractivity contribution in [3.05, 3.63) is 81.7 Å². The molecule has 4 aromatic carbocycles. The highest BCUT2D eigenvalue weighted by Gasteiger charge is 2.45. The zero-order chi connectivity index (χ0) is 30.1. The van der Waals surface area contributed by atoms with Crippen LogP contribution in [0.15, 0.2) is 63.8 Å². The van der Waals surface area contributed by atoms with Crippen LogP contribution in [0.4, 0.5) is 18.9 Å². The zero-order valence-corrected chi connectivity index (χ0v) is 25.1. The van der Waals surface area contributed by atoms with Crippen molar-refractivity contribution >= 4 is 59.8 Å². The minimum absolute atomic E-state index is 0.0194. The van der Waals surface area contributed by atoms with E-state index in [0.29, 0.717) is 11.1 Å². The van der Waals surface area contributed by atoms with Crippen molar-refractivity contribution in [3.8, 4) is 10.6 Å². The third kappa shape index (κ3) is 3.68. The second-order valence-electron chi connectivity index (χ2n) is 13.2. The maximum absolute atomic E-state index is 15.3. The van der Waals surface area contributed by atoms with Crippen LogP contribution in [0.2, 0.25) is 0 Å². The summed E-state index contributed by atoms with van der Waals surface area (Å²) in [6.07, 6.45) is -3.23. The molecule has 43 heavy (non-hydrogen) atoms. The summed E-state index contributed by atoms with van der Waals surface area (Å²) in [6, 6.07) is 17.2. The molecular formula is C35H29F3N2O2S. The molecule has 4 heterocycles. The summed E-state index contributed by atoms with van der Waals surface area (Å²) in [5.41, 5.74) is -0.148. The summed E-state index contributed by atoms with van der Waals surface area (Å²) < 4.78 is 52.8. The van der Waals surface area contributed by atoms with Crippen molar-refractivity contribution in [1.29, 1.82) is 0 Å². The maximum Gasteiger partial charge on any atom is 0.418 e. The third-order valence-corrected chi connectivity index (χ3v) is 10.8. The van der Waals surface area contributed by atoms with E-state index in [4.69, 9.17) is 9.40 Å². The molecule has 2 aliphatic rings. The van der Waals surface area contributed by atoms with E-state index in [-0.39, 0.29) is 21.4 Å². The Hall–Kier alpha value is -3.91. The monoisotopic (exact) mass is 598 g/mol. The molecule has 8 rings (SSSR count). The first-order valence-corrected chi connectivity index (χ1v) is 15.4. The van der Waals surface area contributed by atoms with Gasteiger partial charge in [-0.15, -0.1) is 11.3 Å². The summed E-state index contributed by atoms with van der Waals surface area (Å²) >= 11 is 1.12. The fourth-order valence-electron chi connectivity index (χ4n) is 7.34. The smallest absolute Gasteiger partial charge is 0.418 e. The van der Waals surface area contributed by atoms with E-state index >= 15 is 13.2 Å². The normalized spacial score (nSPS) is 17.7. The van der Waals surface area contributed by atoms with Gasteiger partial charge in [0.25, 0.3) is 0 Å². The summed E-state index contributed by atoms with van der Waals surface area (Å²) in [6.45, 7) is 9.88. The van der Waals surface area contributed by atoms with Crippen LogP contribution >= 0.6 is 11.3 Å². The number of halogens is 3. The lowest BCUT2D eigenvalue weighted by atomic mass is 9.69. The third-order valence-electron chi connectivity index (χ3n) is 9.67. The number of aromatic nitrogens is 1. The highest BCUT2D eigenvalue weighted by Crippen LogP contribution is 2.54. The van der Waals surface area contributed by atoms with Gasteiger partial charge < -0.3 is 9.32 Å². The van der Waals surface area contributed by atoms with Crippen molar-refractivity contribution in [1.82, 2.24) is 4.98 Å². The lowest BCUT2D eigenvalue weighted by Crippen LogP contribution is -2.45. The van der Waals surface area contributed by atoms with Crippen LogP contribution in [0.25, 0.3) is 53.3 Å². The molecule has 0 saturated carbocycles. The molecule has 4 nitrogen and oxygen atoms in total. The van der Waals surface area contributed by atoms with E-state index < -0.39 is 28.3 Å². The Labute approximate surface area is 249 Å². The molecule has 0 amide bonds. The first-order chi connectivity index (χ1) is 20.4. The number of benzene rings is 4. The van der Waals surface area contributed by atoms with E-state index in [9.17, 15) is 4.79 Å². The Kier molecular flexibility index (Phi) is 5.34. The molecule has 2 aromatic heterocycles. The van der Waals surface area contributed by atoms with Gasteiger partial charge in [0.05, 0.1) is 15.8 Å². The first kappa shape index (κ1) is 26.7. The molecule has 218 valence electrons. The average Bonchev–Trinajstić information content (AvgIpc) is 3.40. The van der Waals surface area contributed by atoms with Crippen LogP contribution in [0.3, 0.4) is 0 Å². The van der Waals surface area contributed by atoms with Gasteiger partial charge in [-0.1, -0.05) is 76.2 Å². The lowest BCUT2D eigenvalue weighted by molar-refractivity contribution is -0.136. The summed E-state index contributed by atoms with van der Waals surface area (Å²) in [5.74, 6) is 0. The molecule has 0 N–H and O–H groups in total. The van der Waals surface area contributed by atoms with Crippen molar-refractivity contribution in [2.24, 2.45) is 0 Å². The van der Waals surface area contributed by atoms with Gasteiger partial charge >= 0.3 is 11.8 Å². The number of rotatable bonds is 1.